The molecule has 5 fully saturated rings. The standard InChI is InChI=1S/C15H25NO/c17-14-2-1-3-16(9-14)15-12-5-10-4-11(7-12)8-13(15)6-10/h10-15,17H,1-9H2/t10?,11?,12?,13?,14-,15?/m1/s1. The summed E-state index contributed by atoms with van der Waals surface area (Å²) in [5, 5.41) is 9.89. The van der Waals surface area contributed by atoms with E-state index < -0.39 is 0 Å². The lowest BCUT2D eigenvalue weighted by atomic mass is 9.53. The number of rotatable bonds is 1. The van der Waals surface area contributed by atoms with Gasteiger partial charge in [-0.15, -0.1) is 0 Å². The fourth-order valence-corrected chi connectivity index (χ4v) is 5.75. The molecule has 0 unspecified atom stereocenters. The number of aliphatic hydroxyl groups is 1. The zero-order chi connectivity index (χ0) is 11.4. The highest BCUT2D eigenvalue weighted by molar-refractivity contribution is 5.02. The van der Waals surface area contributed by atoms with Gasteiger partial charge in [-0.3, -0.25) is 4.90 Å². The minimum Gasteiger partial charge on any atom is -0.392 e. The molecule has 4 bridgehead atoms. The SMILES string of the molecule is O[C@@H]1CCCN(C2C3CC4CC(C3)CC2C4)C1. The van der Waals surface area contributed by atoms with Gasteiger partial charge in [0.1, 0.15) is 0 Å². The van der Waals surface area contributed by atoms with Crippen LogP contribution >= 0.6 is 0 Å². The monoisotopic (exact) mass is 235 g/mol. The molecule has 0 spiro atoms. The van der Waals surface area contributed by atoms with Crippen LogP contribution in [0.15, 0.2) is 0 Å². The van der Waals surface area contributed by atoms with E-state index in [-0.39, 0.29) is 6.10 Å². The van der Waals surface area contributed by atoms with Gasteiger partial charge in [0.05, 0.1) is 6.10 Å². The lowest BCUT2D eigenvalue weighted by molar-refractivity contribution is -0.0841. The van der Waals surface area contributed by atoms with Crippen molar-refractivity contribution < 1.29 is 5.11 Å². The maximum Gasteiger partial charge on any atom is 0.0667 e. The first-order valence-electron chi connectivity index (χ1n) is 7.71. The Morgan fingerprint density at radius 1 is 0.882 bits per heavy atom. The third-order valence-corrected chi connectivity index (χ3v) is 6.03. The second-order valence-electron chi connectivity index (χ2n) is 7.21. The Bertz CT molecular complexity index is 275. The van der Waals surface area contributed by atoms with Crippen molar-refractivity contribution in [2.24, 2.45) is 23.7 Å². The molecule has 0 aromatic heterocycles. The van der Waals surface area contributed by atoms with Crippen LogP contribution < -0.4 is 0 Å². The maximum atomic E-state index is 9.89. The number of hydrogen-bond acceptors (Lipinski definition) is 2. The van der Waals surface area contributed by atoms with E-state index in [0.717, 1.165) is 42.7 Å². The van der Waals surface area contributed by atoms with Gasteiger partial charge in [-0.05, 0) is 75.2 Å². The minimum absolute atomic E-state index is 0.0408. The number of aliphatic hydroxyl groups excluding tert-OH is 1. The van der Waals surface area contributed by atoms with Crippen LogP contribution in [-0.4, -0.2) is 35.2 Å². The average Bonchev–Trinajstić information content (AvgIpc) is 2.27. The van der Waals surface area contributed by atoms with E-state index in [2.05, 4.69) is 4.90 Å². The van der Waals surface area contributed by atoms with Gasteiger partial charge in [0, 0.05) is 12.6 Å². The normalized spacial score (nSPS) is 54.2. The highest BCUT2D eigenvalue weighted by Crippen LogP contribution is 2.55. The van der Waals surface area contributed by atoms with Crippen molar-refractivity contribution in [1.82, 2.24) is 4.90 Å². The lowest BCUT2D eigenvalue weighted by Gasteiger charge is -2.58. The Morgan fingerprint density at radius 2 is 1.53 bits per heavy atom. The molecular formula is C15H25NO. The molecule has 1 atom stereocenters. The summed E-state index contributed by atoms with van der Waals surface area (Å²) in [6.07, 6.45) is 9.76. The smallest absolute Gasteiger partial charge is 0.0667 e. The van der Waals surface area contributed by atoms with E-state index >= 15 is 0 Å². The molecule has 1 heterocycles. The van der Waals surface area contributed by atoms with Crippen molar-refractivity contribution in [2.45, 2.75) is 57.1 Å². The van der Waals surface area contributed by atoms with Crippen molar-refractivity contribution in [3.63, 3.8) is 0 Å². The topological polar surface area (TPSA) is 23.5 Å². The van der Waals surface area contributed by atoms with E-state index in [9.17, 15) is 5.11 Å². The Hall–Kier alpha value is -0.0800. The number of likely N-dealkylation sites (tertiary alicyclic amines) is 1. The van der Waals surface area contributed by atoms with Gasteiger partial charge in [0.25, 0.3) is 0 Å². The Balaban J connectivity index is 1.53. The zero-order valence-corrected chi connectivity index (χ0v) is 10.7. The summed E-state index contributed by atoms with van der Waals surface area (Å²) >= 11 is 0. The molecule has 2 nitrogen and oxygen atoms in total. The second kappa shape index (κ2) is 3.96. The van der Waals surface area contributed by atoms with E-state index in [1.54, 1.807) is 6.42 Å². The van der Waals surface area contributed by atoms with E-state index in [0.29, 0.717) is 0 Å². The number of piperidine rings is 1. The third kappa shape index (κ3) is 1.76. The van der Waals surface area contributed by atoms with Gasteiger partial charge in [-0.2, -0.15) is 0 Å². The fraction of sp³-hybridized carbons (Fsp3) is 1.00. The summed E-state index contributed by atoms with van der Waals surface area (Å²) in [6.45, 7) is 2.22. The first kappa shape index (κ1) is 10.8. The Morgan fingerprint density at radius 3 is 2.12 bits per heavy atom. The molecule has 96 valence electrons. The zero-order valence-electron chi connectivity index (χ0n) is 10.7. The summed E-state index contributed by atoms with van der Waals surface area (Å²) < 4.78 is 0. The predicted molar refractivity (Wildman–Crippen MR) is 67.6 cm³/mol. The quantitative estimate of drug-likeness (QED) is 0.753. The summed E-state index contributed by atoms with van der Waals surface area (Å²) in [7, 11) is 0. The summed E-state index contributed by atoms with van der Waals surface area (Å²) in [5.74, 6) is 4.11. The summed E-state index contributed by atoms with van der Waals surface area (Å²) in [5.41, 5.74) is 0. The van der Waals surface area contributed by atoms with Crippen LogP contribution in [0.25, 0.3) is 0 Å². The molecule has 4 saturated carbocycles. The highest BCUT2D eigenvalue weighted by atomic mass is 16.3. The number of hydrogen-bond donors (Lipinski definition) is 1. The lowest BCUT2D eigenvalue weighted by Crippen LogP contribution is -2.58. The van der Waals surface area contributed by atoms with Crippen LogP contribution in [0.2, 0.25) is 0 Å². The molecule has 5 aliphatic rings. The first-order valence-corrected chi connectivity index (χ1v) is 7.71. The van der Waals surface area contributed by atoms with Crippen molar-refractivity contribution in [3.8, 4) is 0 Å². The molecule has 0 aromatic carbocycles. The molecule has 4 aliphatic carbocycles. The Kier molecular flexibility index (Phi) is 2.52. The van der Waals surface area contributed by atoms with Crippen molar-refractivity contribution >= 4 is 0 Å². The van der Waals surface area contributed by atoms with Crippen LogP contribution in [-0.2, 0) is 0 Å². The molecule has 2 heteroatoms. The van der Waals surface area contributed by atoms with Crippen molar-refractivity contribution in [1.29, 1.82) is 0 Å². The van der Waals surface area contributed by atoms with Crippen molar-refractivity contribution in [3.05, 3.63) is 0 Å². The van der Waals surface area contributed by atoms with Crippen LogP contribution in [0.4, 0.5) is 0 Å². The van der Waals surface area contributed by atoms with E-state index in [1.165, 1.54) is 38.6 Å². The van der Waals surface area contributed by atoms with Gasteiger partial charge in [-0.1, -0.05) is 0 Å². The average molecular weight is 235 g/mol. The van der Waals surface area contributed by atoms with Gasteiger partial charge >= 0.3 is 0 Å². The van der Waals surface area contributed by atoms with E-state index in [1.807, 2.05) is 0 Å². The van der Waals surface area contributed by atoms with Gasteiger partial charge in [-0.25, -0.2) is 0 Å². The molecule has 17 heavy (non-hydrogen) atoms. The van der Waals surface area contributed by atoms with Crippen LogP contribution in [0, 0.1) is 23.7 Å². The Labute approximate surface area is 104 Å². The molecule has 0 radical (unpaired) electrons. The summed E-state index contributed by atoms with van der Waals surface area (Å²) in [4.78, 5) is 2.67. The highest BCUT2D eigenvalue weighted by Gasteiger charge is 2.50. The van der Waals surface area contributed by atoms with Gasteiger partial charge < -0.3 is 5.11 Å². The predicted octanol–water partition coefficient (Wildman–Crippen LogP) is 2.27. The van der Waals surface area contributed by atoms with Gasteiger partial charge in [0.15, 0.2) is 0 Å². The second-order valence-corrected chi connectivity index (χ2v) is 7.21. The first-order chi connectivity index (χ1) is 8.29. The third-order valence-electron chi connectivity index (χ3n) is 6.03. The maximum absolute atomic E-state index is 9.89. The van der Waals surface area contributed by atoms with Crippen LogP contribution in [0.5, 0.6) is 0 Å². The van der Waals surface area contributed by atoms with Crippen LogP contribution in [0.3, 0.4) is 0 Å². The molecule has 0 aromatic rings. The van der Waals surface area contributed by atoms with Crippen LogP contribution in [0.1, 0.15) is 44.9 Å². The molecule has 1 saturated heterocycles. The molecular weight excluding hydrogens is 210 g/mol. The molecule has 0 amide bonds. The van der Waals surface area contributed by atoms with Crippen molar-refractivity contribution in [2.75, 3.05) is 13.1 Å². The number of β-amino-alcohol motifs (C(OH)–C–C–N with tert-alkyl or cyclic N) is 1. The van der Waals surface area contributed by atoms with Gasteiger partial charge in [0.2, 0.25) is 0 Å². The number of nitrogens with zero attached hydrogens (tertiary/aromatic N) is 1. The van der Waals surface area contributed by atoms with E-state index in [4.69, 9.17) is 0 Å². The molecule has 1 N–H and O–H groups in total. The summed E-state index contributed by atoms with van der Waals surface area (Å²) in [6, 6.07) is 0.845. The fourth-order valence-electron chi connectivity index (χ4n) is 5.75. The largest absolute Gasteiger partial charge is 0.392 e. The molecule has 5 rings (SSSR count). The molecule has 1 aliphatic heterocycles. The minimum atomic E-state index is -0.0408.